The standard InChI is InChI=1S/C9H9N3O3S/c1-4-3-5(13)12-7(10-4)6(9(14)15)8(11-12)16-2/h3,11H,1-2H3,(H,14,15). The number of rotatable bonds is 2. The molecule has 0 saturated heterocycles. The van der Waals surface area contributed by atoms with Crippen molar-refractivity contribution in [2.24, 2.45) is 0 Å². The highest BCUT2D eigenvalue weighted by atomic mass is 32.2. The Balaban J connectivity index is 2.95. The Morgan fingerprint density at radius 3 is 2.88 bits per heavy atom. The molecule has 16 heavy (non-hydrogen) atoms. The van der Waals surface area contributed by atoms with Crippen molar-refractivity contribution in [3.8, 4) is 0 Å². The summed E-state index contributed by atoms with van der Waals surface area (Å²) >= 11 is 1.23. The number of hydrogen-bond donors (Lipinski definition) is 2. The minimum Gasteiger partial charge on any atom is -0.477 e. The van der Waals surface area contributed by atoms with E-state index in [1.54, 1.807) is 13.2 Å². The fourth-order valence-corrected chi connectivity index (χ4v) is 2.04. The SMILES string of the molecule is CSc1[nH]n2c(=O)cc(C)nc2c1C(=O)O. The molecule has 84 valence electrons. The first-order valence-corrected chi connectivity index (χ1v) is 5.66. The molecule has 0 aliphatic heterocycles. The number of fused-ring (bicyclic) bond motifs is 1. The van der Waals surface area contributed by atoms with E-state index in [-0.39, 0.29) is 16.8 Å². The Morgan fingerprint density at radius 2 is 2.31 bits per heavy atom. The molecule has 0 aliphatic carbocycles. The lowest BCUT2D eigenvalue weighted by Gasteiger charge is -1.94. The fraction of sp³-hybridized carbons (Fsp3) is 0.222. The first-order valence-electron chi connectivity index (χ1n) is 4.44. The molecule has 2 aromatic heterocycles. The number of nitrogens with one attached hydrogen (secondary N) is 1. The maximum Gasteiger partial charge on any atom is 0.342 e. The van der Waals surface area contributed by atoms with Crippen LogP contribution in [0.25, 0.3) is 5.65 Å². The van der Waals surface area contributed by atoms with Crippen LogP contribution in [0.4, 0.5) is 0 Å². The zero-order valence-electron chi connectivity index (χ0n) is 8.64. The Labute approximate surface area is 94.3 Å². The van der Waals surface area contributed by atoms with E-state index in [9.17, 15) is 9.59 Å². The van der Waals surface area contributed by atoms with Gasteiger partial charge in [0.25, 0.3) is 5.56 Å². The maximum atomic E-state index is 11.6. The van der Waals surface area contributed by atoms with Gasteiger partial charge in [-0.1, -0.05) is 0 Å². The van der Waals surface area contributed by atoms with Crippen LogP contribution >= 0.6 is 11.8 Å². The predicted molar refractivity (Wildman–Crippen MR) is 59.3 cm³/mol. The highest BCUT2D eigenvalue weighted by Gasteiger charge is 2.19. The quantitative estimate of drug-likeness (QED) is 0.755. The number of nitrogens with zero attached hydrogens (tertiary/aromatic N) is 2. The van der Waals surface area contributed by atoms with Gasteiger partial charge in [0.05, 0.1) is 0 Å². The van der Waals surface area contributed by atoms with Crippen LogP contribution in [-0.4, -0.2) is 31.9 Å². The summed E-state index contributed by atoms with van der Waals surface area (Å²) in [5.41, 5.74) is 0.375. The van der Waals surface area contributed by atoms with Gasteiger partial charge in [0, 0.05) is 11.8 Å². The largest absolute Gasteiger partial charge is 0.477 e. The van der Waals surface area contributed by atoms with Crippen molar-refractivity contribution in [3.05, 3.63) is 27.7 Å². The summed E-state index contributed by atoms with van der Waals surface area (Å²) in [5, 5.41) is 12.2. The molecular formula is C9H9N3O3S. The number of aryl methyl sites for hydroxylation is 1. The van der Waals surface area contributed by atoms with E-state index in [4.69, 9.17) is 5.11 Å². The molecule has 0 aliphatic rings. The average Bonchev–Trinajstić information content (AvgIpc) is 2.56. The highest BCUT2D eigenvalue weighted by molar-refractivity contribution is 7.98. The van der Waals surface area contributed by atoms with Crippen LogP contribution in [0.15, 0.2) is 15.9 Å². The van der Waals surface area contributed by atoms with Crippen LogP contribution < -0.4 is 5.56 Å². The van der Waals surface area contributed by atoms with Crippen molar-refractivity contribution in [2.45, 2.75) is 11.9 Å². The number of carboxylic acids is 1. The number of H-pyrrole nitrogens is 1. The number of carboxylic acid groups (broad SMARTS) is 1. The Morgan fingerprint density at radius 1 is 1.62 bits per heavy atom. The van der Waals surface area contributed by atoms with Crippen molar-refractivity contribution in [3.63, 3.8) is 0 Å². The molecule has 0 radical (unpaired) electrons. The maximum absolute atomic E-state index is 11.6. The summed E-state index contributed by atoms with van der Waals surface area (Å²) in [6.45, 7) is 1.65. The fourth-order valence-electron chi connectivity index (χ4n) is 1.47. The number of aromatic nitrogens is 3. The minimum absolute atomic E-state index is 0.0355. The molecule has 0 saturated carbocycles. The molecule has 0 unspecified atom stereocenters. The van der Waals surface area contributed by atoms with Gasteiger partial charge in [0.1, 0.15) is 10.6 Å². The second-order valence-electron chi connectivity index (χ2n) is 3.22. The molecule has 2 N–H and O–H groups in total. The third kappa shape index (κ3) is 1.49. The molecule has 6 nitrogen and oxygen atoms in total. The lowest BCUT2D eigenvalue weighted by molar-refractivity contribution is 0.0695. The molecule has 7 heteroatoms. The summed E-state index contributed by atoms with van der Waals surface area (Å²) in [4.78, 5) is 26.7. The zero-order valence-corrected chi connectivity index (χ0v) is 9.46. The second-order valence-corrected chi connectivity index (χ2v) is 4.04. The molecule has 2 aromatic rings. The third-order valence-corrected chi connectivity index (χ3v) is 2.83. The molecule has 0 fully saturated rings. The zero-order chi connectivity index (χ0) is 11.9. The minimum atomic E-state index is -1.10. The summed E-state index contributed by atoms with van der Waals surface area (Å²) < 4.78 is 1.14. The summed E-state index contributed by atoms with van der Waals surface area (Å²) in [6, 6.07) is 1.35. The molecule has 2 rings (SSSR count). The molecule has 0 atom stereocenters. The monoisotopic (exact) mass is 239 g/mol. The summed E-state index contributed by atoms with van der Waals surface area (Å²) in [5.74, 6) is -1.10. The Bertz CT molecular complexity index is 629. The first kappa shape index (κ1) is 10.7. The van der Waals surface area contributed by atoms with Gasteiger partial charge in [0.2, 0.25) is 0 Å². The highest BCUT2D eigenvalue weighted by Crippen LogP contribution is 2.21. The smallest absolute Gasteiger partial charge is 0.342 e. The average molecular weight is 239 g/mol. The van der Waals surface area contributed by atoms with Crippen molar-refractivity contribution in [1.29, 1.82) is 0 Å². The summed E-state index contributed by atoms with van der Waals surface area (Å²) in [6.07, 6.45) is 1.73. The Kier molecular flexibility index (Phi) is 2.47. The molecule has 0 aromatic carbocycles. The van der Waals surface area contributed by atoms with Gasteiger partial charge in [-0.05, 0) is 13.2 Å². The second kappa shape index (κ2) is 3.67. The van der Waals surface area contributed by atoms with Crippen molar-refractivity contribution < 1.29 is 9.90 Å². The molecule has 2 heterocycles. The van der Waals surface area contributed by atoms with Gasteiger partial charge in [0.15, 0.2) is 5.65 Å². The van der Waals surface area contributed by atoms with E-state index in [1.807, 2.05) is 0 Å². The van der Waals surface area contributed by atoms with Crippen molar-refractivity contribution in [2.75, 3.05) is 6.26 Å². The van der Waals surface area contributed by atoms with Gasteiger partial charge in [-0.25, -0.2) is 9.78 Å². The number of aromatic amines is 1. The van der Waals surface area contributed by atoms with Gasteiger partial charge in [-0.3, -0.25) is 9.89 Å². The molecule has 0 spiro atoms. The molecular weight excluding hydrogens is 230 g/mol. The topological polar surface area (TPSA) is 87.5 Å². The third-order valence-electron chi connectivity index (χ3n) is 2.13. The molecule has 0 amide bonds. The van der Waals surface area contributed by atoms with Crippen LogP contribution in [0.1, 0.15) is 16.1 Å². The van der Waals surface area contributed by atoms with Crippen LogP contribution in [0.5, 0.6) is 0 Å². The van der Waals surface area contributed by atoms with Gasteiger partial charge < -0.3 is 5.11 Å². The lowest BCUT2D eigenvalue weighted by Crippen LogP contribution is -2.15. The molecule has 0 bridgehead atoms. The van der Waals surface area contributed by atoms with Crippen molar-refractivity contribution >= 4 is 23.4 Å². The summed E-state index contributed by atoms with van der Waals surface area (Å²) in [7, 11) is 0. The van der Waals surface area contributed by atoms with Crippen LogP contribution in [0.3, 0.4) is 0 Å². The normalized spacial score (nSPS) is 10.9. The number of thioether (sulfide) groups is 1. The van der Waals surface area contributed by atoms with E-state index >= 15 is 0 Å². The number of hydrogen-bond acceptors (Lipinski definition) is 4. The van der Waals surface area contributed by atoms with Gasteiger partial charge >= 0.3 is 5.97 Å². The number of aromatic carboxylic acids is 1. The number of carbonyl (C=O) groups is 1. The van der Waals surface area contributed by atoms with Gasteiger partial charge in [-0.2, -0.15) is 4.52 Å². The van der Waals surface area contributed by atoms with Gasteiger partial charge in [-0.15, -0.1) is 11.8 Å². The lowest BCUT2D eigenvalue weighted by atomic mass is 10.3. The van der Waals surface area contributed by atoms with E-state index in [2.05, 4.69) is 10.1 Å². The van der Waals surface area contributed by atoms with E-state index < -0.39 is 5.97 Å². The van der Waals surface area contributed by atoms with Crippen LogP contribution in [0, 0.1) is 6.92 Å². The van der Waals surface area contributed by atoms with Crippen molar-refractivity contribution in [1.82, 2.24) is 14.6 Å². The first-order chi connectivity index (χ1) is 7.54. The predicted octanol–water partition coefficient (Wildman–Crippen LogP) is 0.751. The van der Waals surface area contributed by atoms with E-state index in [1.165, 1.54) is 17.8 Å². The van der Waals surface area contributed by atoms with E-state index in [0.717, 1.165) is 4.52 Å². The van der Waals surface area contributed by atoms with Crippen LogP contribution in [-0.2, 0) is 0 Å². The van der Waals surface area contributed by atoms with Crippen LogP contribution in [0.2, 0.25) is 0 Å². The van der Waals surface area contributed by atoms with E-state index in [0.29, 0.717) is 10.7 Å². The Hall–Kier alpha value is -1.76.